The van der Waals surface area contributed by atoms with Crippen molar-refractivity contribution < 1.29 is 33.3 Å². The molecule has 0 unspecified atom stereocenters. The zero-order chi connectivity index (χ0) is 27.9. The summed E-state index contributed by atoms with van der Waals surface area (Å²) in [5, 5.41) is 5.98. The number of methoxy groups -OCH3 is 1. The van der Waals surface area contributed by atoms with E-state index < -0.39 is 0 Å². The first-order valence-electron chi connectivity index (χ1n) is 14.0. The van der Waals surface area contributed by atoms with Crippen molar-refractivity contribution in [3.05, 3.63) is 53.6 Å². The molecule has 10 nitrogen and oxygen atoms in total. The quantitative estimate of drug-likeness (QED) is 0.590. The Labute approximate surface area is 234 Å². The van der Waals surface area contributed by atoms with Crippen LogP contribution in [0.4, 0.5) is 0 Å². The van der Waals surface area contributed by atoms with Gasteiger partial charge in [0.15, 0.2) is 0 Å². The van der Waals surface area contributed by atoms with Crippen LogP contribution in [0.1, 0.15) is 48.0 Å². The Morgan fingerprint density at radius 1 is 1.05 bits per heavy atom. The highest BCUT2D eigenvalue weighted by molar-refractivity contribution is 5.95. The molecule has 2 aromatic rings. The summed E-state index contributed by atoms with van der Waals surface area (Å²) in [6, 6.07) is 12.3. The van der Waals surface area contributed by atoms with Gasteiger partial charge >= 0.3 is 0 Å². The van der Waals surface area contributed by atoms with E-state index in [9.17, 15) is 14.4 Å². The number of hydrogen-bond donors (Lipinski definition) is 2. The number of ether oxygens (including phenoxy) is 4. The summed E-state index contributed by atoms with van der Waals surface area (Å²) in [5.41, 5.74) is 1.31. The largest absolute Gasteiger partial charge is 0.497 e. The molecular formula is C30H37N3O7. The van der Waals surface area contributed by atoms with Crippen molar-refractivity contribution in [3.63, 3.8) is 0 Å². The van der Waals surface area contributed by atoms with Gasteiger partial charge in [0.1, 0.15) is 17.2 Å². The molecule has 0 radical (unpaired) electrons. The van der Waals surface area contributed by atoms with Crippen LogP contribution in [0.15, 0.2) is 42.5 Å². The van der Waals surface area contributed by atoms with Gasteiger partial charge in [-0.1, -0.05) is 12.1 Å². The molecular weight excluding hydrogens is 514 g/mol. The maximum absolute atomic E-state index is 13.2. The fourth-order valence-electron chi connectivity index (χ4n) is 5.42. The van der Waals surface area contributed by atoms with Gasteiger partial charge in [-0.2, -0.15) is 0 Å². The first-order chi connectivity index (χ1) is 19.5. The summed E-state index contributed by atoms with van der Waals surface area (Å²) in [6.07, 6.45) is 2.55. The van der Waals surface area contributed by atoms with Gasteiger partial charge in [0.05, 0.1) is 25.9 Å². The van der Waals surface area contributed by atoms with Crippen LogP contribution in [0.5, 0.6) is 17.2 Å². The standard InChI is InChI=1S/C30H37N3O7/c1-37-24-15-22-16-25(17-24)40-23-5-2-4-20(14-23)19-39-27-7-11-33(30(36)21-8-12-38-13-9-21)18-26(27)32-28(34)6-3-10-31-29(22)35/h2,4-5,14-17,21,26-27H,3,6-13,18-19H2,1H3,(H,31,35)(H,32,34)/t26-,27-/m0/s1. The third kappa shape index (κ3) is 7.11. The van der Waals surface area contributed by atoms with Crippen LogP contribution in [0.3, 0.4) is 0 Å². The predicted octanol–water partition coefficient (Wildman–Crippen LogP) is 3.04. The summed E-state index contributed by atoms with van der Waals surface area (Å²) in [5.74, 6) is 1.27. The zero-order valence-corrected chi connectivity index (χ0v) is 22.9. The molecule has 4 bridgehead atoms. The molecule has 2 saturated heterocycles. The average molecular weight is 552 g/mol. The highest BCUT2D eigenvalue weighted by atomic mass is 16.5. The SMILES string of the molecule is COc1cc2cc(c1)C(=O)NCCCC(=O)N[C@H]1CN(C(=O)C3CCOCC3)CC[C@@H]1OCc1cccc(c1)O2. The van der Waals surface area contributed by atoms with E-state index in [1.165, 1.54) is 7.11 Å². The Morgan fingerprint density at radius 3 is 2.73 bits per heavy atom. The van der Waals surface area contributed by atoms with E-state index in [1.807, 2.05) is 29.2 Å². The molecule has 3 amide bonds. The summed E-state index contributed by atoms with van der Waals surface area (Å²) in [4.78, 5) is 40.8. The number of piperidine rings is 1. The molecule has 0 aromatic heterocycles. The molecule has 2 fully saturated rings. The van der Waals surface area contributed by atoms with Crippen LogP contribution in [0.2, 0.25) is 0 Å². The van der Waals surface area contributed by atoms with E-state index in [1.54, 1.807) is 18.2 Å². The molecule has 5 rings (SSSR count). The number of amides is 3. The molecule has 2 aromatic carbocycles. The number of hydrogen-bond acceptors (Lipinski definition) is 7. The molecule has 0 saturated carbocycles. The van der Waals surface area contributed by atoms with Gasteiger partial charge in [-0.15, -0.1) is 0 Å². The second-order valence-corrected chi connectivity index (χ2v) is 10.5. The molecule has 3 heterocycles. The number of carbonyl (C=O) groups is 3. The van der Waals surface area contributed by atoms with Crippen LogP contribution in [-0.4, -0.2) is 74.7 Å². The second-order valence-electron chi connectivity index (χ2n) is 10.5. The van der Waals surface area contributed by atoms with Gasteiger partial charge in [0, 0.05) is 56.8 Å². The third-order valence-corrected chi connectivity index (χ3v) is 7.62. The molecule has 3 aliphatic heterocycles. The van der Waals surface area contributed by atoms with Gasteiger partial charge in [-0.25, -0.2) is 0 Å². The minimum atomic E-state index is -0.329. The van der Waals surface area contributed by atoms with E-state index in [0.29, 0.717) is 75.1 Å². The smallest absolute Gasteiger partial charge is 0.251 e. The lowest BCUT2D eigenvalue weighted by atomic mass is 9.95. The van der Waals surface area contributed by atoms with Crippen molar-refractivity contribution in [3.8, 4) is 17.2 Å². The van der Waals surface area contributed by atoms with Crippen LogP contribution < -0.4 is 20.1 Å². The fraction of sp³-hybridized carbons (Fsp3) is 0.500. The number of rotatable bonds is 2. The third-order valence-electron chi connectivity index (χ3n) is 7.62. The molecule has 10 heteroatoms. The number of carbonyl (C=O) groups excluding carboxylic acids is 3. The summed E-state index contributed by atoms with van der Waals surface area (Å²) in [7, 11) is 1.54. The monoisotopic (exact) mass is 551 g/mol. The first kappa shape index (κ1) is 27.9. The highest BCUT2D eigenvalue weighted by Gasteiger charge is 2.36. The second kappa shape index (κ2) is 13.1. The van der Waals surface area contributed by atoms with E-state index in [2.05, 4.69) is 10.6 Å². The van der Waals surface area contributed by atoms with Crippen LogP contribution >= 0.6 is 0 Å². The first-order valence-corrected chi connectivity index (χ1v) is 14.0. The summed E-state index contributed by atoms with van der Waals surface area (Å²) < 4.78 is 23.2. The Morgan fingerprint density at radius 2 is 1.90 bits per heavy atom. The van der Waals surface area contributed by atoms with Crippen molar-refractivity contribution in [1.29, 1.82) is 0 Å². The van der Waals surface area contributed by atoms with E-state index in [4.69, 9.17) is 18.9 Å². The van der Waals surface area contributed by atoms with Gasteiger partial charge in [0.25, 0.3) is 5.91 Å². The molecule has 214 valence electrons. The number of benzene rings is 2. The lowest BCUT2D eigenvalue weighted by molar-refractivity contribution is -0.143. The molecule has 3 aliphatic rings. The normalized spacial score (nSPS) is 23.0. The van der Waals surface area contributed by atoms with Gasteiger partial charge < -0.3 is 34.5 Å². The minimum Gasteiger partial charge on any atom is -0.497 e. The van der Waals surface area contributed by atoms with Crippen molar-refractivity contribution in [2.75, 3.05) is 40.0 Å². The average Bonchev–Trinajstić information content (AvgIpc) is 2.98. The highest BCUT2D eigenvalue weighted by Crippen LogP contribution is 2.29. The van der Waals surface area contributed by atoms with Crippen molar-refractivity contribution in [1.82, 2.24) is 15.5 Å². The summed E-state index contributed by atoms with van der Waals surface area (Å²) in [6.45, 7) is 2.86. The van der Waals surface area contributed by atoms with E-state index >= 15 is 0 Å². The topological polar surface area (TPSA) is 115 Å². The van der Waals surface area contributed by atoms with Crippen LogP contribution in [0, 0.1) is 5.92 Å². The summed E-state index contributed by atoms with van der Waals surface area (Å²) >= 11 is 0. The Kier molecular flexibility index (Phi) is 9.18. The Balaban J connectivity index is 1.34. The molecule has 40 heavy (non-hydrogen) atoms. The van der Waals surface area contributed by atoms with Crippen LogP contribution in [0.25, 0.3) is 0 Å². The fourth-order valence-corrected chi connectivity index (χ4v) is 5.42. The number of fused-ring (bicyclic) bond motifs is 5. The van der Waals surface area contributed by atoms with Crippen molar-refractivity contribution in [2.45, 2.75) is 50.9 Å². The Hall–Kier alpha value is -3.63. The molecule has 0 aliphatic carbocycles. The molecule has 2 atom stereocenters. The zero-order valence-electron chi connectivity index (χ0n) is 22.9. The maximum atomic E-state index is 13.2. The minimum absolute atomic E-state index is 0.0352. The van der Waals surface area contributed by atoms with E-state index in [0.717, 1.165) is 18.4 Å². The van der Waals surface area contributed by atoms with Gasteiger partial charge in [-0.05, 0) is 55.5 Å². The van der Waals surface area contributed by atoms with Crippen LogP contribution in [-0.2, 0) is 25.7 Å². The number of nitrogens with one attached hydrogen (secondary N) is 2. The lowest BCUT2D eigenvalue weighted by Gasteiger charge is -2.40. The van der Waals surface area contributed by atoms with Gasteiger partial charge in [0.2, 0.25) is 11.8 Å². The number of nitrogens with zero attached hydrogens (tertiary/aromatic N) is 1. The van der Waals surface area contributed by atoms with E-state index in [-0.39, 0.29) is 42.2 Å². The van der Waals surface area contributed by atoms with Crippen molar-refractivity contribution >= 4 is 17.7 Å². The van der Waals surface area contributed by atoms with Gasteiger partial charge in [-0.3, -0.25) is 14.4 Å². The lowest BCUT2D eigenvalue weighted by Crippen LogP contribution is -2.58. The number of likely N-dealkylation sites (tertiary alicyclic amines) is 1. The predicted molar refractivity (Wildman–Crippen MR) is 146 cm³/mol. The van der Waals surface area contributed by atoms with Crippen molar-refractivity contribution in [2.24, 2.45) is 5.92 Å². The Bertz CT molecular complexity index is 1210. The maximum Gasteiger partial charge on any atom is 0.251 e. The molecule has 0 spiro atoms. The molecule has 2 N–H and O–H groups in total.